The molecular formula is C12H17BrO2S. The summed E-state index contributed by atoms with van der Waals surface area (Å²) in [6.07, 6.45) is 4.78. The van der Waals surface area contributed by atoms with Gasteiger partial charge in [0.15, 0.2) is 0 Å². The molecule has 0 amide bonds. The average molecular weight is 305 g/mol. The first-order chi connectivity index (χ1) is 7.64. The smallest absolute Gasteiger partial charge is 0.0955 e. The summed E-state index contributed by atoms with van der Waals surface area (Å²) in [4.78, 5) is 1.22. The summed E-state index contributed by atoms with van der Waals surface area (Å²) in [5.74, 6) is 0. The van der Waals surface area contributed by atoms with Crippen LogP contribution >= 0.6 is 27.3 Å². The van der Waals surface area contributed by atoms with E-state index >= 15 is 0 Å². The van der Waals surface area contributed by atoms with Gasteiger partial charge in [-0.2, -0.15) is 0 Å². The highest BCUT2D eigenvalue weighted by atomic mass is 79.9. The van der Waals surface area contributed by atoms with Crippen LogP contribution in [0.15, 0.2) is 15.9 Å². The maximum absolute atomic E-state index is 10.7. The number of ether oxygens (including phenoxy) is 1. The first-order valence-electron chi connectivity index (χ1n) is 5.62. The fourth-order valence-corrected chi connectivity index (χ4v) is 4.05. The molecule has 0 aromatic carbocycles. The van der Waals surface area contributed by atoms with Gasteiger partial charge in [-0.1, -0.05) is 12.8 Å². The van der Waals surface area contributed by atoms with E-state index < -0.39 is 5.60 Å². The van der Waals surface area contributed by atoms with Crippen molar-refractivity contribution in [3.8, 4) is 0 Å². The van der Waals surface area contributed by atoms with Crippen molar-refractivity contribution in [1.29, 1.82) is 0 Å². The van der Waals surface area contributed by atoms with Gasteiger partial charge < -0.3 is 9.84 Å². The summed E-state index contributed by atoms with van der Waals surface area (Å²) >= 11 is 5.14. The van der Waals surface area contributed by atoms with Crippen LogP contribution in [0.1, 0.15) is 30.6 Å². The molecule has 2 atom stereocenters. The molecule has 1 aromatic heterocycles. The molecule has 0 bridgehead atoms. The molecule has 2 rings (SSSR count). The average Bonchev–Trinajstić information content (AvgIpc) is 2.64. The molecule has 1 aromatic rings. The van der Waals surface area contributed by atoms with Crippen molar-refractivity contribution in [2.75, 3.05) is 7.11 Å². The van der Waals surface area contributed by atoms with Crippen molar-refractivity contribution in [2.24, 2.45) is 0 Å². The predicted molar refractivity (Wildman–Crippen MR) is 69.9 cm³/mol. The molecule has 16 heavy (non-hydrogen) atoms. The third kappa shape index (κ3) is 2.67. The molecule has 0 spiro atoms. The highest BCUT2D eigenvalue weighted by molar-refractivity contribution is 9.10. The first-order valence-corrected chi connectivity index (χ1v) is 7.29. The van der Waals surface area contributed by atoms with Gasteiger partial charge in [0.25, 0.3) is 0 Å². The van der Waals surface area contributed by atoms with Gasteiger partial charge >= 0.3 is 0 Å². The van der Waals surface area contributed by atoms with Gasteiger partial charge in [-0.05, 0) is 34.8 Å². The van der Waals surface area contributed by atoms with Crippen LogP contribution in [0.2, 0.25) is 0 Å². The zero-order valence-corrected chi connectivity index (χ0v) is 11.8. The molecule has 0 radical (unpaired) electrons. The lowest BCUT2D eigenvalue weighted by atomic mass is 9.79. The number of hydrogen-bond acceptors (Lipinski definition) is 3. The van der Waals surface area contributed by atoms with Gasteiger partial charge in [0, 0.05) is 28.3 Å². The van der Waals surface area contributed by atoms with Gasteiger partial charge in [0.2, 0.25) is 0 Å². The second kappa shape index (κ2) is 5.17. The van der Waals surface area contributed by atoms with Crippen LogP contribution in [0, 0.1) is 0 Å². The van der Waals surface area contributed by atoms with E-state index in [0.29, 0.717) is 6.42 Å². The summed E-state index contributed by atoms with van der Waals surface area (Å²) in [5.41, 5.74) is -0.669. The SMILES string of the molecule is COC1CCCCC1(O)Cc1cc(Br)cs1. The number of hydrogen-bond donors (Lipinski definition) is 1. The topological polar surface area (TPSA) is 29.5 Å². The van der Waals surface area contributed by atoms with Crippen molar-refractivity contribution >= 4 is 27.3 Å². The lowest BCUT2D eigenvalue weighted by Crippen LogP contribution is -2.47. The van der Waals surface area contributed by atoms with Crippen LogP contribution < -0.4 is 0 Å². The molecule has 90 valence electrons. The van der Waals surface area contributed by atoms with E-state index in [4.69, 9.17) is 4.74 Å². The Kier molecular flexibility index (Phi) is 4.06. The van der Waals surface area contributed by atoms with E-state index in [1.165, 1.54) is 4.88 Å². The van der Waals surface area contributed by atoms with Crippen LogP contribution in [0.5, 0.6) is 0 Å². The molecule has 1 aliphatic carbocycles. The molecule has 1 heterocycles. The Bertz CT molecular complexity index is 353. The van der Waals surface area contributed by atoms with E-state index in [9.17, 15) is 5.11 Å². The summed E-state index contributed by atoms with van der Waals surface area (Å²) < 4.78 is 6.53. The van der Waals surface area contributed by atoms with E-state index in [1.54, 1.807) is 18.4 Å². The Balaban J connectivity index is 2.10. The molecule has 4 heteroatoms. The Labute approximate surface area is 109 Å². The van der Waals surface area contributed by atoms with Crippen LogP contribution in [-0.2, 0) is 11.2 Å². The van der Waals surface area contributed by atoms with E-state index in [1.807, 2.05) is 0 Å². The highest BCUT2D eigenvalue weighted by Crippen LogP contribution is 2.35. The fraction of sp³-hybridized carbons (Fsp3) is 0.667. The molecule has 0 saturated heterocycles. The number of methoxy groups -OCH3 is 1. The second-order valence-electron chi connectivity index (χ2n) is 4.48. The minimum Gasteiger partial charge on any atom is -0.387 e. The van der Waals surface area contributed by atoms with Gasteiger partial charge in [0.1, 0.15) is 0 Å². The van der Waals surface area contributed by atoms with Crippen molar-refractivity contribution in [3.05, 3.63) is 20.8 Å². The third-order valence-corrected chi connectivity index (χ3v) is 5.01. The molecule has 2 unspecified atom stereocenters. The maximum Gasteiger partial charge on any atom is 0.0955 e. The Hall–Kier alpha value is 0.1000. The minimum atomic E-state index is -0.669. The quantitative estimate of drug-likeness (QED) is 0.928. The molecule has 2 nitrogen and oxygen atoms in total. The second-order valence-corrected chi connectivity index (χ2v) is 6.39. The van der Waals surface area contributed by atoms with Crippen molar-refractivity contribution in [2.45, 2.75) is 43.8 Å². The third-order valence-electron chi connectivity index (χ3n) is 3.31. The number of aliphatic hydroxyl groups is 1. The highest BCUT2D eigenvalue weighted by Gasteiger charge is 2.39. The summed E-state index contributed by atoms with van der Waals surface area (Å²) in [6.45, 7) is 0. The van der Waals surface area contributed by atoms with Gasteiger partial charge in [-0.15, -0.1) is 11.3 Å². The first kappa shape index (κ1) is 12.6. The zero-order chi connectivity index (χ0) is 11.6. The fourth-order valence-electron chi connectivity index (χ4n) is 2.48. The van der Waals surface area contributed by atoms with Crippen molar-refractivity contribution < 1.29 is 9.84 Å². The van der Waals surface area contributed by atoms with Gasteiger partial charge in [-0.25, -0.2) is 0 Å². The zero-order valence-electron chi connectivity index (χ0n) is 9.41. The standard InChI is InChI=1S/C12H17BrO2S/c1-15-11-4-2-3-5-12(11,14)7-10-6-9(13)8-16-10/h6,8,11,14H,2-5,7H2,1H3. The molecular weight excluding hydrogens is 288 g/mol. The van der Waals surface area contributed by atoms with E-state index in [-0.39, 0.29) is 6.10 Å². The summed E-state index contributed by atoms with van der Waals surface area (Å²) in [7, 11) is 1.70. The minimum absolute atomic E-state index is 0.0119. The van der Waals surface area contributed by atoms with Gasteiger partial charge in [0.05, 0.1) is 11.7 Å². The molecule has 1 saturated carbocycles. The molecule has 1 N–H and O–H groups in total. The van der Waals surface area contributed by atoms with Crippen molar-refractivity contribution in [1.82, 2.24) is 0 Å². The Morgan fingerprint density at radius 2 is 2.44 bits per heavy atom. The Morgan fingerprint density at radius 1 is 1.62 bits per heavy atom. The summed E-state index contributed by atoms with van der Waals surface area (Å²) in [6, 6.07) is 2.09. The molecule has 1 aliphatic rings. The lowest BCUT2D eigenvalue weighted by Gasteiger charge is -2.38. The monoisotopic (exact) mass is 304 g/mol. The number of rotatable bonds is 3. The normalized spacial score (nSPS) is 30.6. The maximum atomic E-state index is 10.7. The van der Waals surface area contributed by atoms with Crippen LogP contribution in [0.25, 0.3) is 0 Å². The van der Waals surface area contributed by atoms with E-state index in [2.05, 4.69) is 27.4 Å². The lowest BCUT2D eigenvalue weighted by molar-refractivity contribution is -0.115. The number of halogens is 1. The molecule has 0 aliphatic heterocycles. The largest absolute Gasteiger partial charge is 0.387 e. The van der Waals surface area contributed by atoms with Crippen LogP contribution in [-0.4, -0.2) is 23.9 Å². The Morgan fingerprint density at radius 3 is 3.06 bits per heavy atom. The number of thiophene rings is 1. The predicted octanol–water partition coefficient (Wildman–Crippen LogP) is 3.37. The van der Waals surface area contributed by atoms with Crippen LogP contribution in [0.4, 0.5) is 0 Å². The van der Waals surface area contributed by atoms with Gasteiger partial charge in [-0.3, -0.25) is 0 Å². The molecule has 1 fully saturated rings. The van der Waals surface area contributed by atoms with Crippen molar-refractivity contribution in [3.63, 3.8) is 0 Å². The van der Waals surface area contributed by atoms with Crippen LogP contribution in [0.3, 0.4) is 0 Å². The van der Waals surface area contributed by atoms with E-state index in [0.717, 1.165) is 30.2 Å². The summed E-state index contributed by atoms with van der Waals surface area (Å²) in [5, 5.41) is 12.7.